The highest BCUT2D eigenvalue weighted by Gasteiger charge is 2.32. The van der Waals surface area contributed by atoms with Gasteiger partial charge in [-0.25, -0.2) is 8.78 Å². The van der Waals surface area contributed by atoms with E-state index < -0.39 is 11.6 Å². The number of rotatable bonds is 3. The van der Waals surface area contributed by atoms with Crippen LogP contribution in [-0.4, -0.2) is 0 Å². The van der Waals surface area contributed by atoms with Crippen molar-refractivity contribution in [1.29, 1.82) is 0 Å². The molecule has 0 aliphatic heterocycles. The Hall–Kier alpha value is -0.520. The van der Waals surface area contributed by atoms with Gasteiger partial charge in [-0.15, -0.1) is 0 Å². The minimum absolute atomic E-state index is 0.158. The van der Waals surface area contributed by atoms with Crippen LogP contribution in [0, 0.1) is 29.4 Å². The van der Waals surface area contributed by atoms with Crippen molar-refractivity contribution < 1.29 is 8.78 Å². The van der Waals surface area contributed by atoms with Gasteiger partial charge in [-0.05, 0) is 58.2 Å². The summed E-state index contributed by atoms with van der Waals surface area (Å²) in [6.45, 7) is 4.50. The summed E-state index contributed by atoms with van der Waals surface area (Å²) in [5.74, 6) is 5.66. The molecule has 1 aromatic carbocycles. The summed E-state index contributed by atoms with van der Waals surface area (Å²) >= 11 is 3.16. The largest absolute Gasteiger partial charge is 0.271 e. The molecule has 1 fully saturated rings. The first kappa shape index (κ1) is 15.9. The molecule has 1 saturated carbocycles. The van der Waals surface area contributed by atoms with Crippen molar-refractivity contribution in [3.8, 4) is 0 Å². The Morgan fingerprint density at radius 2 is 1.95 bits per heavy atom. The highest BCUT2D eigenvalue weighted by atomic mass is 79.9. The van der Waals surface area contributed by atoms with Crippen LogP contribution in [-0.2, 0) is 0 Å². The summed E-state index contributed by atoms with van der Waals surface area (Å²) in [5, 5.41) is 0. The van der Waals surface area contributed by atoms with Crippen molar-refractivity contribution in [1.82, 2.24) is 5.43 Å². The predicted octanol–water partition coefficient (Wildman–Crippen LogP) is 4.30. The van der Waals surface area contributed by atoms with Gasteiger partial charge in [0.1, 0.15) is 0 Å². The summed E-state index contributed by atoms with van der Waals surface area (Å²) < 4.78 is 27.1. The van der Waals surface area contributed by atoms with E-state index in [1.807, 2.05) is 0 Å². The fourth-order valence-corrected chi connectivity index (χ4v) is 3.72. The number of hydrogen-bond acceptors (Lipinski definition) is 2. The van der Waals surface area contributed by atoms with Crippen LogP contribution in [0.3, 0.4) is 0 Å². The minimum Gasteiger partial charge on any atom is -0.271 e. The molecule has 2 nitrogen and oxygen atoms in total. The number of nitrogens with two attached hydrogens (primary N) is 1. The maximum atomic E-state index is 13.7. The lowest BCUT2D eigenvalue weighted by Gasteiger charge is -2.37. The quantitative estimate of drug-likeness (QED) is 0.486. The lowest BCUT2D eigenvalue weighted by atomic mass is 9.72. The Morgan fingerprint density at radius 3 is 2.55 bits per heavy atom. The molecule has 2 rings (SSSR count). The second kappa shape index (κ2) is 6.50. The van der Waals surface area contributed by atoms with E-state index in [9.17, 15) is 8.78 Å². The van der Waals surface area contributed by atoms with Crippen LogP contribution >= 0.6 is 15.9 Å². The topological polar surface area (TPSA) is 38.0 Å². The maximum Gasteiger partial charge on any atom is 0.173 e. The van der Waals surface area contributed by atoms with Gasteiger partial charge in [0.2, 0.25) is 0 Å². The lowest BCUT2D eigenvalue weighted by molar-refractivity contribution is 0.171. The van der Waals surface area contributed by atoms with Crippen molar-refractivity contribution >= 4 is 15.9 Å². The lowest BCUT2D eigenvalue weighted by Crippen LogP contribution is -2.37. The Kier molecular flexibility index (Phi) is 5.15. The molecule has 4 atom stereocenters. The zero-order valence-corrected chi connectivity index (χ0v) is 13.4. The molecule has 3 N–H and O–H groups in total. The van der Waals surface area contributed by atoms with E-state index in [4.69, 9.17) is 5.84 Å². The first-order valence-electron chi connectivity index (χ1n) is 7.05. The molecule has 20 heavy (non-hydrogen) atoms. The monoisotopic (exact) mass is 346 g/mol. The van der Waals surface area contributed by atoms with Crippen LogP contribution in [0.2, 0.25) is 0 Å². The van der Waals surface area contributed by atoms with Crippen molar-refractivity contribution in [3.63, 3.8) is 0 Å². The number of nitrogens with one attached hydrogen (secondary N) is 1. The van der Waals surface area contributed by atoms with E-state index in [1.54, 1.807) is 6.07 Å². The molecule has 1 aliphatic rings. The molecule has 0 heterocycles. The standard InChI is InChI=1S/C15H21BrF2N2/c1-8-3-4-10(7-9(8)2)15(20-19)11-5-6-12(17)14(18)13(11)16/h5-6,8-10,15,20H,3-4,7,19H2,1-2H3. The van der Waals surface area contributed by atoms with E-state index >= 15 is 0 Å². The van der Waals surface area contributed by atoms with Gasteiger partial charge in [-0.2, -0.15) is 0 Å². The molecule has 0 bridgehead atoms. The summed E-state index contributed by atoms with van der Waals surface area (Å²) in [4.78, 5) is 0. The molecule has 0 amide bonds. The van der Waals surface area contributed by atoms with Crippen molar-refractivity contribution in [2.45, 2.75) is 39.2 Å². The highest BCUT2D eigenvalue weighted by molar-refractivity contribution is 9.10. The Labute approximate surface area is 127 Å². The third-order valence-electron chi connectivity index (χ3n) is 4.69. The summed E-state index contributed by atoms with van der Waals surface area (Å²) in [5.41, 5.74) is 3.48. The fourth-order valence-electron chi connectivity index (χ4n) is 3.15. The third kappa shape index (κ3) is 3.05. The number of hydrazine groups is 1. The Balaban J connectivity index is 2.27. The summed E-state index contributed by atoms with van der Waals surface area (Å²) in [6, 6.07) is 2.61. The van der Waals surface area contributed by atoms with E-state index in [-0.39, 0.29) is 10.5 Å². The zero-order chi connectivity index (χ0) is 14.9. The molecule has 0 spiro atoms. The van der Waals surface area contributed by atoms with Crippen LogP contribution in [0.1, 0.15) is 44.7 Å². The van der Waals surface area contributed by atoms with Crippen LogP contribution in [0.15, 0.2) is 16.6 Å². The predicted molar refractivity (Wildman–Crippen MR) is 79.8 cm³/mol. The van der Waals surface area contributed by atoms with Crippen LogP contribution in [0.5, 0.6) is 0 Å². The fraction of sp³-hybridized carbons (Fsp3) is 0.600. The zero-order valence-electron chi connectivity index (χ0n) is 11.8. The SMILES string of the molecule is CC1CCC(C(NN)c2ccc(F)c(F)c2Br)CC1C. The van der Waals surface area contributed by atoms with Gasteiger partial charge in [0.25, 0.3) is 0 Å². The molecular formula is C15H21BrF2N2. The van der Waals surface area contributed by atoms with Crippen LogP contribution < -0.4 is 11.3 Å². The van der Waals surface area contributed by atoms with Crippen molar-refractivity contribution in [2.24, 2.45) is 23.6 Å². The first-order chi connectivity index (χ1) is 9.45. The normalized spacial score (nSPS) is 28.4. The average molecular weight is 347 g/mol. The number of benzene rings is 1. The van der Waals surface area contributed by atoms with Gasteiger partial charge < -0.3 is 0 Å². The average Bonchev–Trinajstić information content (AvgIpc) is 2.43. The van der Waals surface area contributed by atoms with Crippen LogP contribution in [0.25, 0.3) is 0 Å². The van der Waals surface area contributed by atoms with Gasteiger partial charge >= 0.3 is 0 Å². The van der Waals surface area contributed by atoms with E-state index in [0.717, 1.165) is 25.3 Å². The van der Waals surface area contributed by atoms with Crippen LogP contribution in [0.4, 0.5) is 8.78 Å². The molecule has 0 aromatic heterocycles. The highest BCUT2D eigenvalue weighted by Crippen LogP contribution is 2.41. The summed E-state index contributed by atoms with van der Waals surface area (Å²) in [7, 11) is 0. The van der Waals surface area contributed by atoms with Crippen molar-refractivity contribution in [2.75, 3.05) is 0 Å². The number of halogens is 3. The molecule has 5 heteroatoms. The molecule has 0 radical (unpaired) electrons. The second-order valence-electron chi connectivity index (χ2n) is 5.94. The molecule has 0 saturated heterocycles. The summed E-state index contributed by atoms with van der Waals surface area (Å²) in [6.07, 6.45) is 3.23. The molecule has 1 aromatic rings. The van der Waals surface area contributed by atoms with Gasteiger partial charge in [0.05, 0.1) is 10.5 Å². The third-order valence-corrected chi connectivity index (χ3v) is 5.50. The first-order valence-corrected chi connectivity index (χ1v) is 7.84. The Bertz CT molecular complexity index is 481. The molecule has 112 valence electrons. The number of hydrogen-bond donors (Lipinski definition) is 2. The van der Waals surface area contributed by atoms with E-state index in [2.05, 4.69) is 35.2 Å². The van der Waals surface area contributed by atoms with Crippen molar-refractivity contribution in [3.05, 3.63) is 33.8 Å². The molecular weight excluding hydrogens is 326 g/mol. The van der Waals surface area contributed by atoms with E-state index in [1.165, 1.54) is 0 Å². The maximum absolute atomic E-state index is 13.7. The Morgan fingerprint density at radius 1 is 1.25 bits per heavy atom. The van der Waals surface area contributed by atoms with Gasteiger partial charge in [-0.3, -0.25) is 11.3 Å². The van der Waals surface area contributed by atoms with Gasteiger partial charge in [-0.1, -0.05) is 26.3 Å². The minimum atomic E-state index is -0.847. The molecule has 4 unspecified atom stereocenters. The molecule has 1 aliphatic carbocycles. The second-order valence-corrected chi connectivity index (χ2v) is 6.73. The van der Waals surface area contributed by atoms with Gasteiger partial charge in [0, 0.05) is 0 Å². The van der Waals surface area contributed by atoms with E-state index in [0.29, 0.717) is 23.3 Å². The smallest absolute Gasteiger partial charge is 0.173 e. The van der Waals surface area contributed by atoms with Gasteiger partial charge in [0.15, 0.2) is 11.6 Å².